The maximum Gasteiger partial charge on any atom is 0.268 e. The smallest absolute Gasteiger partial charge is 0.268 e. The molecule has 6 heteroatoms. The molecule has 2 aromatic carbocycles. The summed E-state index contributed by atoms with van der Waals surface area (Å²) in [7, 11) is -3.60. The third-order valence-electron chi connectivity index (χ3n) is 5.56. The molecule has 26 heavy (non-hydrogen) atoms. The largest absolute Gasteiger partial charge is 0.365 e. The number of hydrogen-bond acceptors (Lipinski definition) is 4. The molecule has 1 N–H and O–H groups in total. The molecule has 0 amide bonds. The molecular formula is C20H21N3O2S. The van der Waals surface area contributed by atoms with E-state index in [0.29, 0.717) is 10.9 Å². The summed E-state index contributed by atoms with van der Waals surface area (Å²) in [4.78, 5) is 2.76. The molecule has 0 saturated carbocycles. The highest BCUT2D eigenvalue weighted by Gasteiger charge is 2.33. The number of nitrogens with one attached hydrogen (secondary N) is 1. The van der Waals surface area contributed by atoms with Crippen LogP contribution in [0.2, 0.25) is 0 Å². The first-order valence-corrected chi connectivity index (χ1v) is 10.4. The Morgan fingerprint density at radius 3 is 2.69 bits per heavy atom. The maximum absolute atomic E-state index is 13.1. The van der Waals surface area contributed by atoms with Crippen LogP contribution in [0.1, 0.15) is 11.1 Å². The number of rotatable bonds is 2. The van der Waals surface area contributed by atoms with Crippen LogP contribution in [0.25, 0.3) is 10.9 Å². The summed E-state index contributed by atoms with van der Waals surface area (Å²) in [5.41, 5.74) is 4.33. The first-order valence-electron chi connectivity index (χ1n) is 8.98. The van der Waals surface area contributed by atoms with Crippen molar-refractivity contribution in [2.45, 2.75) is 24.3 Å². The number of hydrogen-bond donors (Lipinski definition) is 1. The van der Waals surface area contributed by atoms with Gasteiger partial charge in [0.1, 0.15) is 0 Å². The van der Waals surface area contributed by atoms with Gasteiger partial charge in [0.25, 0.3) is 10.0 Å². The van der Waals surface area contributed by atoms with Crippen LogP contribution in [0, 0.1) is 6.92 Å². The maximum atomic E-state index is 13.1. The zero-order chi connectivity index (χ0) is 17.9. The Morgan fingerprint density at radius 2 is 1.88 bits per heavy atom. The summed E-state index contributed by atoms with van der Waals surface area (Å²) >= 11 is 0. The minimum Gasteiger partial charge on any atom is -0.365 e. The third-order valence-corrected chi connectivity index (χ3v) is 7.27. The van der Waals surface area contributed by atoms with Gasteiger partial charge in [0.05, 0.1) is 10.4 Å². The monoisotopic (exact) mass is 367 g/mol. The molecule has 2 aliphatic rings. The summed E-state index contributed by atoms with van der Waals surface area (Å²) in [5, 5.41) is 4.48. The van der Waals surface area contributed by atoms with Gasteiger partial charge >= 0.3 is 0 Å². The van der Waals surface area contributed by atoms with Crippen LogP contribution in [0.4, 0.5) is 5.69 Å². The highest BCUT2D eigenvalue weighted by molar-refractivity contribution is 7.90. The van der Waals surface area contributed by atoms with Gasteiger partial charge in [-0.3, -0.25) is 0 Å². The van der Waals surface area contributed by atoms with Crippen molar-refractivity contribution in [3.63, 3.8) is 0 Å². The van der Waals surface area contributed by atoms with E-state index in [4.69, 9.17) is 0 Å². The van der Waals surface area contributed by atoms with Gasteiger partial charge in [-0.2, -0.15) is 0 Å². The summed E-state index contributed by atoms with van der Waals surface area (Å²) in [6, 6.07) is 13.5. The summed E-state index contributed by atoms with van der Waals surface area (Å²) in [6.07, 6.45) is 2.71. The molecule has 1 unspecified atom stereocenters. The normalized spacial score (nSPS) is 19.6. The molecule has 1 atom stereocenters. The second-order valence-electron chi connectivity index (χ2n) is 7.19. The van der Waals surface area contributed by atoms with Crippen LogP contribution in [0.3, 0.4) is 0 Å². The van der Waals surface area contributed by atoms with Crippen molar-refractivity contribution in [1.82, 2.24) is 9.29 Å². The minimum absolute atomic E-state index is 0.321. The molecule has 3 heterocycles. The van der Waals surface area contributed by atoms with Gasteiger partial charge in [0.2, 0.25) is 0 Å². The Kier molecular flexibility index (Phi) is 3.42. The molecule has 0 spiro atoms. The minimum atomic E-state index is -3.60. The van der Waals surface area contributed by atoms with Gasteiger partial charge in [-0.1, -0.05) is 23.8 Å². The lowest BCUT2D eigenvalue weighted by Crippen LogP contribution is -2.49. The fourth-order valence-corrected chi connectivity index (χ4v) is 5.60. The first-order chi connectivity index (χ1) is 12.6. The molecular weight excluding hydrogens is 346 g/mol. The summed E-state index contributed by atoms with van der Waals surface area (Å²) in [6.45, 7) is 4.87. The first kappa shape index (κ1) is 15.9. The number of benzene rings is 2. The van der Waals surface area contributed by atoms with Crippen molar-refractivity contribution in [3.8, 4) is 0 Å². The lowest BCUT2D eigenvalue weighted by Gasteiger charge is -2.33. The quantitative estimate of drug-likeness (QED) is 0.756. The van der Waals surface area contributed by atoms with Crippen LogP contribution in [0.15, 0.2) is 53.6 Å². The molecule has 5 nitrogen and oxygen atoms in total. The average Bonchev–Trinajstić information content (AvgIpc) is 3.23. The molecule has 1 aromatic heterocycles. The van der Waals surface area contributed by atoms with Crippen LogP contribution in [-0.2, 0) is 16.4 Å². The molecule has 3 aromatic rings. The lowest BCUT2D eigenvalue weighted by atomic mass is 10.1. The van der Waals surface area contributed by atoms with E-state index in [9.17, 15) is 8.42 Å². The fraction of sp³-hybridized carbons (Fsp3) is 0.300. The highest BCUT2D eigenvalue weighted by atomic mass is 32.2. The number of fused-ring (bicyclic) bond motifs is 5. The van der Waals surface area contributed by atoms with Gasteiger partial charge in [0.15, 0.2) is 0 Å². The second-order valence-corrected chi connectivity index (χ2v) is 9.01. The Balaban J connectivity index is 1.67. The van der Waals surface area contributed by atoms with Gasteiger partial charge < -0.3 is 10.2 Å². The number of aromatic nitrogens is 1. The van der Waals surface area contributed by atoms with Crippen LogP contribution >= 0.6 is 0 Å². The van der Waals surface area contributed by atoms with Crippen LogP contribution < -0.4 is 10.2 Å². The highest BCUT2D eigenvalue weighted by Crippen LogP contribution is 2.40. The summed E-state index contributed by atoms with van der Waals surface area (Å²) < 4.78 is 27.7. The summed E-state index contributed by atoms with van der Waals surface area (Å²) in [5.74, 6) is 0. The van der Waals surface area contributed by atoms with E-state index >= 15 is 0 Å². The lowest BCUT2D eigenvalue weighted by molar-refractivity contribution is 0.495. The van der Waals surface area contributed by atoms with Gasteiger partial charge in [-0.05, 0) is 43.2 Å². The Labute approximate surface area is 153 Å². The second kappa shape index (κ2) is 5.59. The predicted octanol–water partition coefficient (Wildman–Crippen LogP) is 2.52. The van der Waals surface area contributed by atoms with Gasteiger partial charge in [-0.25, -0.2) is 12.4 Å². The van der Waals surface area contributed by atoms with E-state index in [-0.39, 0.29) is 0 Å². The molecule has 0 bridgehead atoms. The molecule has 1 saturated heterocycles. The molecule has 0 aliphatic carbocycles. The van der Waals surface area contributed by atoms with Crippen molar-refractivity contribution in [2.75, 3.05) is 24.5 Å². The van der Waals surface area contributed by atoms with Crippen LogP contribution in [-0.4, -0.2) is 38.1 Å². The van der Waals surface area contributed by atoms with Crippen LogP contribution in [0.5, 0.6) is 0 Å². The molecule has 134 valence electrons. The van der Waals surface area contributed by atoms with Crippen molar-refractivity contribution < 1.29 is 8.42 Å². The predicted molar refractivity (Wildman–Crippen MR) is 103 cm³/mol. The zero-order valence-corrected chi connectivity index (χ0v) is 15.5. The topological polar surface area (TPSA) is 54.3 Å². The van der Waals surface area contributed by atoms with E-state index in [1.54, 1.807) is 18.3 Å². The Morgan fingerprint density at radius 1 is 1.08 bits per heavy atom. The number of nitrogens with zero attached hydrogens (tertiary/aromatic N) is 2. The molecule has 1 fully saturated rings. The van der Waals surface area contributed by atoms with Gasteiger partial charge in [-0.15, -0.1) is 0 Å². The van der Waals surface area contributed by atoms with E-state index in [2.05, 4.69) is 16.3 Å². The molecule has 2 aliphatic heterocycles. The van der Waals surface area contributed by atoms with E-state index in [0.717, 1.165) is 42.5 Å². The van der Waals surface area contributed by atoms with E-state index < -0.39 is 10.0 Å². The number of anilines is 1. The fourth-order valence-electron chi connectivity index (χ4n) is 4.25. The SMILES string of the molecule is Cc1ccc(S(=O)(=O)n2ccc3c4c(ccc32)CC2CNCCN42)cc1. The molecule has 0 radical (unpaired) electrons. The van der Waals surface area contributed by atoms with Crippen molar-refractivity contribution in [3.05, 3.63) is 59.8 Å². The third kappa shape index (κ3) is 2.22. The van der Waals surface area contributed by atoms with E-state index in [1.165, 1.54) is 15.2 Å². The number of piperazine rings is 1. The molecule has 5 rings (SSSR count). The van der Waals surface area contributed by atoms with Gasteiger partial charge in [0, 0.05) is 42.9 Å². The zero-order valence-electron chi connectivity index (χ0n) is 14.6. The van der Waals surface area contributed by atoms with Crippen molar-refractivity contribution >= 4 is 26.6 Å². The number of aryl methyl sites for hydroxylation is 1. The van der Waals surface area contributed by atoms with Crippen molar-refractivity contribution in [2.24, 2.45) is 0 Å². The Hall–Kier alpha value is -2.31. The average molecular weight is 367 g/mol. The van der Waals surface area contributed by atoms with Crippen molar-refractivity contribution in [1.29, 1.82) is 0 Å². The van der Waals surface area contributed by atoms with E-state index in [1.807, 2.05) is 31.2 Å². The Bertz CT molecular complexity index is 1100. The standard InChI is InChI=1S/C20H21N3O2S/c1-14-2-5-17(6-3-14)26(24,25)23-10-8-18-19(23)7-4-15-12-16-13-21-9-11-22(16)20(15)18/h2-8,10,16,21H,9,11-13H2,1H3.